The molecule has 1 aliphatic rings. The number of anilines is 1. The summed E-state index contributed by atoms with van der Waals surface area (Å²) in [5.41, 5.74) is 1.10. The van der Waals surface area contributed by atoms with E-state index in [1.54, 1.807) is 6.92 Å². The Morgan fingerprint density at radius 3 is 2.86 bits per heavy atom. The number of benzene rings is 1. The van der Waals surface area contributed by atoms with Crippen molar-refractivity contribution in [2.75, 3.05) is 11.9 Å². The SMILES string of the molecule is Cc1cc(NC(=O)C(=O)NC[C@H]2Cc3ccccc3O2)no1. The first-order valence-electron chi connectivity index (χ1n) is 6.89. The number of rotatable bonds is 3. The summed E-state index contributed by atoms with van der Waals surface area (Å²) in [6.07, 6.45) is 0.545. The number of carbonyl (C=O) groups is 2. The van der Waals surface area contributed by atoms with Gasteiger partial charge in [-0.2, -0.15) is 0 Å². The van der Waals surface area contributed by atoms with E-state index < -0.39 is 11.8 Å². The average molecular weight is 301 g/mol. The van der Waals surface area contributed by atoms with Gasteiger partial charge in [0, 0.05) is 12.5 Å². The predicted octanol–water partition coefficient (Wildman–Crippen LogP) is 1.04. The number of fused-ring (bicyclic) bond motifs is 1. The van der Waals surface area contributed by atoms with Gasteiger partial charge in [0.15, 0.2) is 5.82 Å². The molecule has 0 fully saturated rings. The van der Waals surface area contributed by atoms with Crippen LogP contribution in [-0.4, -0.2) is 29.6 Å². The Balaban J connectivity index is 1.48. The lowest BCUT2D eigenvalue weighted by atomic mass is 10.1. The first kappa shape index (κ1) is 14.1. The molecule has 0 unspecified atom stereocenters. The van der Waals surface area contributed by atoms with E-state index in [0.717, 1.165) is 11.3 Å². The van der Waals surface area contributed by atoms with Gasteiger partial charge in [-0.15, -0.1) is 0 Å². The minimum atomic E-state index is -0.788. The summed E-state index contributed by atoms with van der Waals surface area (Å²) in [4.78, 5) is 23.4. The molecule has 7 nitrogen and oxygen atoms in total. The van der Waals surface area contributed by atoms with E-state index in [0.29, 0.717) is 12.2 Å². The maximum Gasteiger partial charge on any atom is 0.314 e. The molecule has 1 aliphatic heterocycles. The highest BCUT2D eigenvalue weighted by atomic mass is 16.5. The molecule has 2 aromatic rings. The maximum absolute atomic E-state index is 11.7. The smallest absolute Gasteiger partial charge is 0.314 e. The van der Waals surface area contributed by atoms with Gasteiger partial charge in [-0.25, -0.2) is 0 Å². The number of carbonyl (C=O) groups excluding carboxylic acids is 2. The molecule has 3 rings (SSSR count). The number of nitrogens with zero attached hydrogens (tertiary/aromatic N) is 1. The van der Waals surface area contributed by atoms with Gasteiger partial charge in [-0.05, 0) is 18.6 Å². The molecule has 22 heavy (non-hydrogen) atoms. The van der Waals surface area contributed by atoms with Crippen molar-refractivity contribution in [2.45, 2.75) is 19.4 Å². The van der Waals surface area contributed by atoms with Gasteiger partial charge >= 0.3 is 11.8 Å². The lowest BCUT2D eigenvalue weighted by Crippen LogP contribution is -2.40. The highest BCUT2D eigenvalue weighted by Gasteiger charge is 2.24. The zero-order valence-corrected chi connectivity index (χ0v) is 12.0. The van der Waals surface area contributed by atoms with E-state index in [9.17, 15) is 9.59 Å². The average Bonchev–Trinajstić information content (AvgIpc) is 3.10. The van der Waals surface area contributed by atoms with E-state index in [4.69, 9.17) is 9.26 Å². The molecule has 2 N–H and O–H groups in total. The minimum absolute atomic E-state index is 0.163. The Labute approximate surface area is 126 Å². The summed E-state index contributed by atoms with van der Waals surface area (Å²) in [5.74, 6) is 0.0586. The molecule has 7 heteroatoms. The number of ether oxygens (including phenoxy) is 1. The molecule has 1 aromatic carbocycles. The summed E-state index contributed by atoms with van der Waals surface area (Å²) < 4.78 is 10.5. The van der Waals surface area contributed by atoms with E-state index in [1.807, 2.05) is 24.3 Å². The Bertz CT molecular complexity index is 685. The zero-order valence-electron chi connectivity index (χ0n) is 12.0. The summed E-state index contributed by atoms with van der Waals surface area (Å²) in [5, 5.41) is 8.50. The standard InChI is InChI=1S/C15H15N3O4/c1-9-6-13(18-22-9)17-15(20)14(19)16-8-11-7-10-4-2-3-5-12(10)21-11/h2-6,11H,7-8H2,1H3,(H,16,19)(H,17,18,20)/t11-/m1/s1. The number of amides is 2. The Morgan fingerprint density at radius 2 is 2.14 bits per heavy atom. The lowest BCUT2D eigenvalue weighted by Gasteiger charge is -2.11. The first-order valence-corrected chi connectivity index (χ1v) is 6.89. The third-order valence-electron chi connectivity index (χ3n) is 3.28. The molecule has 0 saturated heterocycles. The van der Waals surface area contributed by atoms with Crippen LogP contribution in [0.5, 0.6) is 5.75 Å². The van der Waals surface area contributed by atoms with E-state index >= 15 is 0 Å². The van der Waals surface area contributed by atoms with Crippen molar-refractivity contribution in [3.8, 4) is 5.75 Å². The largest absolute Gasteiger partial charge is 0.488 e. The van der Waals surface area contributed by atoms with Crippen LogP contribution in [0.3, 0.4) is 0 Å². The van der Waals surface area contributed by atoms with Gasteiger partial charge in [0.05, 0.1) is 6.54 Å². The van der Waals surface area contributed by atoms with E-state index in [1.165, 1.54) is 6.07 Å². The molecule has 0 bridgehead atoms. The van der Waals surface area contributed by atoms with Crippen molar-refractivity contribution in [2.24, 2.45) is 0 Å². The zero-order chi connectivity index (χ0) is 15.5. The third-order valence-corrected chi connectivity index (χ3v) is 3.28. The number of aromatic nitrogens is 1. The van der Waals surface area contributed by atoms with Gasteiger partial charge in [0.25, 0.3) is 0 Å². The Morgan fingerprint density at radius 1 is 1.32 bits per heavy atom. The van der Waals surface area contributed by atoms with Crippen molar-refractivity contribution >= 4 is 17.6 Å². The van der Waals surface area contributed by atoms with Crippen LogP contribution >= 0.6 is 0 Å². The van der Waals surface area contributed by atoms with Crippen LogP contribution in [0.15, 0.2) is 34.9 Å². The Kier molecular flexibility index (Phi) is 3.78. The maximum atomic E-state index is 11.7. The Hall–Kier alpha value is -2.83. The lowest BCUT2D eigenvalue weighted by molar-refractivity contribution is -0.136. The van der Waals surface area contributed by atoms with E-state index in [-0.39, 0.29) is 18.5 Å². The third kappa shape index (κ3) is 3.08. The normalized spacial score (nSPS) is 15.8. The van der Waals surface area contributed by atoms with Gasteiger partial charge in [0.2, 0.25) is 0 Å². The van der Waals surface area contributed by atoms with Crippen molar-refractivity contribution in [3.63, 3.8) is 0 Å². The van der Waals surface area contributed by atoms with Crippen LogP contribution in [0.25, 0.3) is 0 Å². The van der Waals surface area contributed by atoms with Crippen molar-refractivity contribution in [3.05, 3.63) is 41.7 Å². The molecule has 0 saturated carbocycles. The fourth-order valence-electron chi connectivity index (χ4n) is 2.25. The summed E-state index contributed by atoms with van der Waals surface area (Å²) in [6, 6.07) is 9.24. The molecule has 1 atom stereocenters. The van der Waals surface area contributed by atoms with Gasteiger partial charge < -0.3 is 14.6 Å². The molecule has 0 spiro atoms. The fourth-order valence-corrected chi connectivity index (χ4v) is 2.25. The highest BCUT2D eigenvalue weighted by Crippen LogP contribution is 2.27. The molecule has 0 aliphatic carbocycles. The number of nitrogens with one attached hydrogen (secondary N) is 2. The number of hydrogen-bond donors (Lipinski definition) is 2. The highest BCUT2D eigenvalue weighted by molar-refractivity contribution is 6.39. The summed E-state index contributed by atoms with van der Waals surface area (Å²) in [7, 11) is 0. The molecule has 1 aromatic heterocycles. The molecule has 0 radical (unpaired) electrons. The van der Waals surface area contributed by atoms with Crippen molar-refractivity contribution in [1.29, 1.82) is 0 Å². The van der Waals surface area contributed by atoms with E-state index in [2.05, 4.69) is 15.8 Å². The van der Waals surface area contributed by atoms with Crippen LogP contribution in [0.4, 0.5) is 5.82 Å². The molecular formula is C15H15N3O4. The molecule has 2 heterocycles. The van der Waals surface area contributed by atoms with Crippen LogP contribution < -0.4 is 15.4 Å². The second-order valence-corrected chi connectivity index (χ2v) is 5.04. The summed E-state index contributed by atoms with van der Waals surface area (Å²) >= 11 is 0. The number of hydrogen-bond acceptors (Lipinski definition) is 5. The molecule has 2 amide bonds. The van der Waals surface area contributed by atoms with Crippen LogP contribution in [-0.2, 0) is 16.0 Å². The molecular weight excluding hydrogens is 286 g/mol. The quantitative estimate of drug-likeness (QED) is 0.826. The van der Waals surface area contributed by atoms with Crippen molar-refractivity contribution < 1.29 is 18.8 Å². The minimum Gasteiger partial charge on any atom is -0.488 e. The van der Waals surface area contributed by atoms with Crippen molar-refractivity contribution in [1.82, 2.24) is 10.5 Å². The number of para-hydroxylation sites is 1. The van der Waals surface area contributed by atoms with Gasteiger partial charge in [-0.3, -0.25) is 14.9 Å². The topological polar surface area (TPSA) is 93.5 Å². The summed E-state index contributed by atoms with van der Waals surface area (Å²) in [6.45, 7) is 1.95. The fraction of sp³-hybridized carbons (Fsp3) is 0.267. The monoisotopic (exact) mass is 301 g/mol. The second kappa shape index (κ2) is 5.88. The van der Waals surface area contributed by atoms with Crippen LogP contribution in [0.1, 0.15) is 11.3 Å². The van der Waals surface area contributed by atoms with Crippen LogP contribution in [0, 0.1) is 6.92 Å². The first-order chi connectivity index (χ1) is 10.6. The predicted molar refractivity (Wildman–Crippen MR) is 77.4 cm³/mol. The van der Waals surface area contributed by atoms with Gasteiger partial charge in [-0.1, -0.05) is 23.4 Å². The van der Waals surface area contributed by atoms with Crippen LogP contribution in [0.2, 0.25) is 0 Å². The second-order valence-electron chi connectivity index (χ2n) is 5.04. The number of aryl methyl sites for hydroxylation is 1. The molecule has 114 valence electrons. The van der Waals surface area contributed by atoms with Gasteiger partial charge in [0.1, 0.15) is 17.6 Å².